The van der Waals surface area contributed by atoms with Crippen LogP contribution in [0, 0.1) is 0 Å². The second-order valence-corrected chi connectivity index (χ2v) is 5.54. The monoisotopic (exact) mass is 464 g/mol. The summed E-state index contributed by atoms with van der Waals surface area (Å²) in [6.07, 6.45) is 4.52. The van der Waals surface area contributed by atoms with E-state index in [9.17, 15) is 0 Å². The van der Waals surface area contributed by atoms with Gasteiger partial charge in [-0.3, -0.25) is 9.98 Å². The van der Waals surface area contributed by atoms with Crippen molar-refractivity contribution in [1.82, 2.24) is 15.6 Å². The van der Waals surface area contributed by atoms with Crippen LogP contribution < -0.4 is 10.6 Å². The molecule has 2 rings (SSSR count). The van der Waals surface area contributed by atoms with Crippen molar-refractivity contribution in [2.45, 2.75) is 13.0 Å². The fourth-order valence-electron chi connectivity index (χ4n) is 1.94. The number of aliphatic imine (C=N–C) groups is 1. The van der Waals surface area contributed by atoms with E-state index in [1.165, 1.54) is 5.56 Å². The molecule has 0 bridgehead atoms. The molecule has 1 aromatic carbocycles. The van der Waals surface area contributed by atoms with E-state index in [1.54, 1.807) is 19.3 Å². The Morgan fingerprint density at radius 3 is 2.70 bits per heavy atom. The number of hydrogen-bond acceptors (Lipinski definition) is 2. The minimum Gasteiger partial charge on any atom is -0.356 e. The van der Waals surface area contributed by atoms with Crippen LogP contribution in [0.3, 0.4) is 0 Å². The van der Waals surface area contributed by atoms with Crippen LogP contribution >= 0.6 is 47.2 Å². The van der Waals surface area contributed by atoms with Crippen molar-refractivity contribution in [3.05, 3.63) is 63.9 Å². The molecule has 0 atom stereocenters. The second-order valence-electron chi connectivity index (χ2n) is 4.70. The zero-order chi connectivity index (χ0) is 15.8. The zero-order valence-corrected chi connectivity index (χ0v) is 16.6. The van der Waals surface area contributed by atoms with Gasteiger partial charge in [-0.05, 0) is 35.7 Å². The van der Waals surface area contributed by atoms with Gasteiger partial charge in [0, 0.05) is 42.6 Å². The molecule has 2 N–H and O–H groups in total. The van der Waals surface area contributed by atoms with E-state index >= 15 is 0 Å². The first-order valence-electron chi connectivity index (χ1n) is 6.96. The number of nitrogens with zero attached hydrogens (tertiary/aromatic N) is 2. The molecule has 0 unspecified atom stereocenters. The van der Waals surface area contributed by atoms with Crippen molar-refractivity contribution >= 4 is 53.1 Å². The van der Waals surface area contributed by atoms with E-state index in [1.807, 2.05) is 24.4 Å². The Morgan fingerprint density at radius 1 is 1.22 bits per heavy atom. The third-order valence-electron chi connectivity index (χ3n) is 3.11. The summed E-state index contributed by atoms with van der Waals surface area (Å²) >= 11 is 12.0. The molecule has 0 aliphatic carbocycles. The Hall–Kier alpha value is -1.05. The first-order chi connectivity index (χ1) is 10.7. The second kappa shape index (κ2) is 10.7. The zero-order valence-electron chi connectivity index (χ0n) is 12.7. The first-order valence-corrected chi connectivity index (χ1v) is 7.72. The number of hydrogen-bond donors (Lipinski definition) is 2. The number of nitrogens with one attached hydrogen (secondary N) is 2. The van der Waals surface area contributed by atoms with Crippen LogP contribution in [0.25, 0.3) is 0 Å². The van der Waals surface area contributed by atoms with Crippen LogP contribution in [-0.2, 0) is 13.0 Å². The number of benzene rings is 1. The van der Waals surface area contributed by atoms with Gasteiger partial charge in [0.05, 0.1) is 0 Å². The summed E-state index contributed by atoms with van der Waals surface area (Å²) in [5.41, 5.74) is 2.16. The Morgan fingerprint density at radius 2 is 2.04 bits per heavy atom. The maximum absolute atomic E-state index is 6.15. The van der Waals surface area contributed by atoms with Gasteiger partial charge in [-0.25, -0.2) is 0 Å². The summed E-state index contributed by atoms with van der Waals surface area (Å²) in [6.45, 7) is 1.36. The van der Waals surface area contributed by atoms with Gasteiger partial charge in [-0.2, -0.15) is 0 Å². The van der Waals surface area contributed by atoms with Gasteiger partial charge >= 0.3 is 0 Å². The maximum Gasteiger partial charge on any atom is 0.191 e. The van der Waals surface area contributed by atoms with E-state index in [0.717, 1.165) is 24.5 Å². The molecule has 0 saturated carbocycles. The van der Waals surface area contributed by atoms with Gasteiger partial charge in [-0.1, -0.05) is 35.3 Å². The molecule has 0 fully saturated rings. The van der Waals surface area contributed by atoms with Crippen molar-refractivity contribution in [1.29, 1.82) is 0 Å². The molecule has 0 aliphatic heterocycles. The number of rotatable bonds is 5. The Balaban J connectivity index is 0.00000264. The van der Waals surface area contributed by atoms with E-state index in [-0.39, 0.29) is 24.0 Å². The standard InChI is InChI=1S/C16H18Cl2N4.HI/c1-19-16(21-8-6-12-3-2-7-20-10-12)22-11-13-4-5-14(17)9-15(13)18;/h2-5,7,9-10H,6,8,11H2,1H3,(H2,19,21,22);1H. The van der Waals surface area contributed by atoms with Crippen molar-refractivity contribution in [2.75, 3.05) is 13.6 Å². The highest BCUT2D eigenvalue weighted by Gasteiger charge is 2.03. The van der Waals surface area contributed by atoms with Crippen LogP contribution in [0.2, 0.25) is 10.0 Å². The molecule has 0 saturated heterocycles. The van der Waals surface area contributed by atoms with Gasteiger partial charge in [0.2, 0.25) is 0 Å². The molecule has 0 aliphatic rings. The fourth-order valence-corrected chi connectivity index (χ4v) is 2.41. The van der Waals surface area contributed by atoms with Gasteiger partial charge < -0.3 is 10.6 Å². The van der Waals surface area contributed by atoms with Gasteiger partial charge in [-0.15, -0.1) is 24.0 Å². The number of pyridine rings is 1. The summed E-state index contributed by atoms with van der Waals surface area (Å²) < 4.78 is 0. The Labute approximate surface area is 163 Å². The Bertz CT molecular complexity index is 635. The van der Waals surface area contributed by atoms with Crippen LogP contribution in [-0.4, -0.2) is 24.5 Å². The number of guanidine groups is 1. The summed E-state index contributed by atoms with van der Waals surface area (Å²) in [6, 6.07) is 9.45. The molecule has 4 nitrogen and oxygen atoms in total. The molecule has 124 valence electrons. The summed E-state index contributed by atoms with van der Waals surface area (Å²) in [5.74, 6) is 0.731. The summed E-state index contributed by atoms with van der Waals surface area (Å²) in [4.78, 5) is 8.29. The van der Waals surface area contributed by atoms with Crippen LogP contribution in [0.4, 0.5) is 0 Å². The minimum atomic E-state index is 0. The number of halogens is 3. The van der Waals surface area contributed by atoms with E-state index < -0.39 is 0 Å². The summed E-state index contributed by atoms with van der Waals surface area (Å²) in [5, 5.41) is 7.77. The quantitative estimate of drug-likeness (QED) is 0.400. The maximum atomic E-state index is 6.15. The smallest absolute Gasteiger partial charge is 0.191 e. The fraction of sp³-hybridized carbons (Fsp3) is 0.250. The molecular formula is C16H19Cl2IN4. The van der Waals surface area contributed by atoms with Crippen molar-refractivity contribution in [3.63, 3.8) is 0 Å². The van der Waals surface area contributed by atoms with Crippen molar-refractivity contribution in [3.8, 4) is 0 Å². The van der Waals surface area contributed by atoms with Gasteiger partial charge in [0.1, 0.15) is 0 Å². The lowest BCUT2D eigenvalue weighted by atomic mass is 10.2. The molecule has 1 aromatic heterocycles. The lowest BCUT2D eigenvalue weighted by Crippen LogP contribution is -2.37. The highest BCUT2D eigenvalue weighted by molar-refractivity contribution is 14.0. The molecule has 0 radical (unpaired) electrons. The molecular weight excluding hydrogens is 446 g/mol. The summed E-state index contributed by atoms with van der Waals surface area (Å²) in [7, 11) is 1.74. The van der Waals surface area contributed by atoms with E-state index in [0.29, 0.717) is 16.6 Å². The Kier molecular flexibility index (Phi) is 9.28. The topological polar surface area (TPSA) is 49.3 Å². The molecule has 1 heterocycles. The SMILES string of the molecule is CN=C(NCCc1cccnc1)NCc1ccc(Cl)cc1Cl.I. The number of aromatic nitrogens is 1. The average Bonchev–Trinajstić information content (AvgIpc) is 2.53. The van der Waals surface area contributed by atoms with Crippen molar-refractivity contribution in [2.24, 2.45) is 4.99 Å². The predicted molar refractivity (Wildman–Crippen MR) is 108 cm³/mol. The van der Waals surface area contributed by atoms with E-state index in [4.69, 9.17) is 23.2 Å². The highest BCUT2D eigenvalue weighted by Crippen LogP contribution is 2.20. The molecule has 23 heavy (non-hydrogen) atoms. The van der Waals surface area contributed by atoms with Gasteiger partial charge in [0.25, 0.3) is 0 Å². The van der Waals surface area contributed by atoms with Crippen LogP contribution in [0.1, 0.15) is 11.1 Å². The predicted octanol–water partition coefficient (Wildman–Crippen LogP) is 3.91. The minimum absolute atomic E-state index is 0. The molecule has 0 amide bonds. The first kappa shape index (κ1) is 20.0. The lowest BCUT2D eigenvalue weighted by Gasteiger charge is -2.12. The van der Waals surface area contributed by atoms with E-state index in [2.05, 4.69) is 26.7 Å². The third kappa shape index (κ3) is 6.93. The van der Waals surface area contributed by atoms with Crippen LogP contribution in [0.15, 0.2) is 47.7 Å². The normalized spacial score (nSPS) is 10.8. The third-order valence-corrected chi connectivity index (χ3v) is 3.70. The highest BCUT2D eigenvalue weighted by atomic mass is 127. The molecule has 2 aromatic rings. The average molecular weight is 465 g/mol. The largest absolute Gasteiger partial charge is 0.356 e. The molecule has 0 spiro atoms. The van der Waals surface area contributed by atoms with Crippen molar-refractivity contribution < 1.29 is 0 Å². The lowest BCUT2D eigenvalue weighted by molar-refractivity contribution is 0.793. The van der Waals surface area contributed by atoms with Gasteiger partial charge in [0.15, 0.2) is 5.96 Å². The molecule has 7 heteroatoms. The van der Waals surface area contributed by atoms with Crippen LogP contribution in [0.5, 0.6) is 0 Å².